The quantitative estimate of drug-likeness (QED) is 0.369. The van der Waals surface area contributed by atoms with Crippen molar-refractivity contribution in [3.63, 3.8) is 0 Å². The summed E-state index contributed by atoms with van der Waals surface area (Å²) in [6.45, 7) is 7.55. The molecule has 0 fully saturated rings. The third-order valence-electron chi connectivity index (χ3n) is 1.50. The molecule has 0 atom stereocenters. The molecule has 0 saturated carbocycles. The van der Waals surface area contributed by atoms with Crippen molar-refractivity contribution in [2.75, 3.05) is 6.61 Å². The number of unbranched alkanes of at least 4 members (excludes halogenated alkanes) is 1. The van der Waals surface area contributed by atoms with E-state index in [4.69, 9.17) is 4.74 Å². The second-order valence-corrected chi connectivity index (χ2v) is 3.02. The SMILES string of the molecule is C=C(C)C(=O)OCC=CC=CCCC. The maximum atomic E-state index is 10.9. The first kappa shape index (κ1) is 12.7. The Balaban J connectivity index is 3.53. The van der Waals surface area contributed by atoms with Gasteiger partial charge in [-0.3, -0.25) is 0 Å². The van der Waals surface area contributed by atoms with Crippen LogP contribution in [0.5, 0.6) is 0 Å². The molecule has 0 aromatic carbocycles. The fourth-order valence-electron chi connectivity index (χ4n) is 0.723. The number of ether oxygens (including phenoxy) is 1. The van der Waals surface area contributed by atoms with Gasteiger partial charge in [-0.05, 0) is 19.4 Å². The van der Waals surface area contributed by atoms with Crippen molar-refractivity contribution < 1.29 is 9.53 Å². The Morgan fingerprint density at radius 2 is 2.00 bits per heavy atom. The summed E-state index contributed by atoms with van der Waals surface area (Å²) in [5.74, 6) is -0.341. The molecular formula is C12H18O2. The van der Waals surface area contributed by atoms with Gasteiger partial charge in [0.2, 0.25) is 0 Å². The lowest BCUT2D eigenvalue weighted by atomic mass is 10.3. The Morgan fingerprint density at radius 3 is 2.57 bits per heavy atom. The Morgan fingerprint density at radius 1 is 1.36 bits per heavy atom. The summed E-state index contributed by atoms with van der Waals surface area (Å²) in [5.41, 5.74) is 0.430. The highest BCUT2D eigenvalue weighted by molar-refractivity contribution is 5.86. The van der Waals surface area contributed by atoms with Gasteiger partial charge >= 0.3 is 5.97 Å². The van der Waals surface area contributed by atoms with Crippen LogP contribution < -0.4 is 0 Å². The molecule has 0 aliphatic carbocycles. The summed E-state index contributed by atoms with van der Waals surface area (Å²) in [6.07, 6.45) is 9.94. The normalized spacial score (nSPS) is 11.0. The zero-order valence-electron chi connectivity index (χ0n) is 8.95. The third-order valence-corrected chi connectivity index (χ3v) is 1.50. The Kier molecular flexibility index (Phi) is 7.52. The van der Waals surface area contributed by atoms with Crippen LogP contribution in [0.3, 0.4) is 0 Å². The molecule has 14 heavy (non-hydrogen) atoms. The standard InChI is InChI=1S/C12H18O2/c1-4-5-6-7-8-9-10-14-12(13)11(2)3/h6-9H,2,4-5,10H2,1,3H3. The van der Waals surface area contributed by atoms with Gasteiger partial charge < -0.3 is 4.74 Å². The minimum Gasteiger partial charge on any atom is -0.458 e. The second kappa shape index (κ2) is 8.30. The lowest BCUT2D eigenvalue weighted by Gasteiger charge is -1.98. The number of esters is 1. The molecule has 2 heteroatoms. The first-order chi connectivity index (χ1) is 6.68. The predicted octanol–water partition coefficient (Wildman–Crippen LogP) is 3.02. The number of allylic oxidation sites excluding steroid dienone is 3. The molecule has 2 nitrogen and oxygen atoms in total. The number of carbonyl (C=O) groups excluding carboxylic acids is 1. The maximum absolute atomic E-state index is 10.9. The molecule has 0 radical (unpaired) electrons. The van der Waals surface area contributed by atoms with E-state index < -0.39 is 0 Å². The molecule has 78 valence electrons. The summed E-state index contributed by atoms with van der Waals surface area (Å²) in [6, 6.07) is 0. The van der Waals surface area contributed by atoms with Crippen LogP contribution in [0.4, 0.5) is 0 Å². The van der Waals surface area contributed by atoms with Crippen LogP contribution in [0, 0.1) is 0 Å². The van der Waals surface area contributed by atoms with E-state index in [1.165, 1.54) is 0 Å². The lowest BCUT2D eigenvalue weighted by molar-refractivity contribution is -0.137. The molecule has 0 rings (SSSR count). The fourth-order valence-corrected chi connectivity index (χ4v) is 0.723. The average molecular weight is 194 g/mol. The van der Waals surface area contributed by atoms with Crippen LogP contribution in [-0.2, 0) is 9.53 Å². The van der Waals surface area contributed by atoms with Gasteiger partial charge in [-0.1, -0.05) is 38.2 Å². The van der Waals surface area contributed by atoms with E-state index >= 15 is 0 Å². The Hall–Kier alpha value is -1.31. The summed E-state index contributed by atoms with van der Waals surface area (Å²) in [4.78, 5) is 10.9. The van der Waals surface area contributed by atoms with E-state index in [1.54, 1.807) is 13.0 Å². The minimum atomic E-state index is -0.341. The van der Waals surface area contributed by atoms with Crippen LogP contribution in [0.15, 0.2) is 36.5 Å². The molecule has 0 saturated heterocycles. The molecule has 0 N–H and O–H groups in total. The van der Waals surface area contributed by atoms with Gasteiger partial charge in [0.1, 0.15) is 6.61 Å². The van der Waals surface area contributed by atoms with Crippen molar-refractivity contribution >= 4 is 5.97 Å². The van der Waals surface area contributed by atoms with E-state index in [0.29, 0.717) is 12.2 Å². The van der Waals surface area contributed by atoms with Gasteiger partial charge in [0.05, 0.1) is 0 Å². The van der Waals surface area contributed by atoms with Crippen LogP contribution in [0.25, 0.3) is 0 Å². The molecule has 0 aliphatic heterocycles. The molecule has 0 aromatic rings. The maximum Gasteiger partial charge on any atom is 0.333 e. The zero-order chi connectivity index (χ0) is 10.8. The van der Waals surface area contributed by atoms with E-state index in [1.807, 2.05) is 12.2 Å². The largest absolute Gasteiger partial charge is 0.458 e. The molecule has 0 unspecified atom stereocenters. The topological polar surface area (TPSA) is 26.3 Å². The molecule has 0 bridgehead atoms. The highest BCUT2D eigenvalue weighted by atomic mass is 16.5. The van der Waals surface area contributed by atoms with Crippen LogP contribution in [0.2, 0.25) is 0 Å². The zero-order valence-corrected chi connectivity index (χ0v) is 8.95. The first-order valence-corrected chi connectivity index (χ1v) is 4.82. The second-order valence-electron chi connectivity index (χ2n) is 3.02. The fraction of sp³-hybridized carbons (Fsp3) is 0.417. The van der Waals surface area contributed by atoms with E-state index in [9.17, 15) is 4.79 Å². The molecule has 0 heterocycles. The molecule has 0 amide bonds. The summed E-state index contributed by atoms with van der Waals surface area (Å²) in [5, 5.41) is 0. The van der Waals surface area contributed by atoms with Crippen LogP contribution >= 0.6 is 0 Å². The van der Waals surface area contributed by atoms with E-state index in [-0.39, 0.29) is 5.97 Å². The Labute approximate surface area is 86.0 Å². The number of carbonyl (C=O) groups is 1. The van der Waals surface area contributed by atoms with Crippen LogP contribution in [0.1, 0.15) is 26.7 Å². The van der Waals surface area contributed by atoms with Crippen LogP contribution in [-0.4, -0.2) is 12.6 Å². The summed E-state index contributed by atoms with van der Waals surface area (Å²) in [7, 11) is 0. The average Bonchev–Trinajstić information content (AvgIpc) is 2.16. The van der Waals surface area contributed by atoms with Crippen molar-refractivity contribution in [2.45, 2.75) is 26.7 Å². The van der Waals surface area contributed by atoms with Crippen molar-refractivity contribution in [1.82, 2.24) is 0 Å². The molecule has 0 aromatic heterocycles. The number of rotatable bonds is 6. The van der Waals surface area contributed by atoms with Crippen molar-refractivity contribution in [3.05, 3.63) is 36.5 Å². The van der Waals surface area contributed by atoms with Crippen molar-refractivity contribution in [2.24, 2.45) is 0 Å². The summed E-state index contributed by atoms with van der Waals surface area (Å²) >= 11 is 0. The molecule has 0 spiro atoms. The van der Waals surface area contributed by atoms with Crippen molar-refractivity contribution in [3.8, 4) is 0 Å². The van der Waals surface area contributed by atoms with Gasteiger partial charge in [-0.25, -0.2) is 4.79 Å². The van der Waals surface area contributed by atoms with Gasteiger partial charge in [0.25, 0.3) is 0 Å². The third kappa shape index (κ3) is 7.35. The smallest absolute Gasteiger partial charge is 0.333 e. The van der Waals surface area contributed by atoms with Gasteiger partial charge in [0.15, 0.2) is 0 Å². The summed E-state index contributed by atoms with van der Waals surface area (Å²) < 4.78 is 4.85. The van der Waals surface area contributed by atoms with Gasteiger partial charge in [-0.15, -0.1) is 0 Å². The first-order valence-electron chi connectivity index (χ1n) is 4.82. The van der Waals surface area contributed by atoms with E-state index in [0.717, 1.165) is 12.8 Å². The van der Waals surface area contributed by atoms with E-state index in [2.05, 4.69) is 19.6 Å². The monoisotopic (exact) mass is 194 g/mol. The number of hydrogen-bond acceptors (Lipinski definition) is 2. The number of hydrogen-bond donors (Lipinski definition) is 0. The van der Waals surface area contributed by atoms with Gasteiger partial charge in [-0.2, -0.15) is 0 Å². The highest BCUT2D eigenvalue weighted by Crippen LogP contribution is 1.92. The predicted molar refractivity (Wildman–Crippen MR) is 59.0 cm³/mol. The minimum absolute atomic E-state index is 0.308. The molecular weight excluding hydrogens is 176 g/mol. The van der Waals surface area contributed by atoms with Gasteiger partial charge in [0, 0.05) is 5.57 Å². The molecule has 0 aliphatic rings. The van der Waals surface area contributed by atoms with Crippen molar-refractivity contribution in [1.29, 1.82) is 0 Å². The Bertz CT molecular complexity index is 237. The highest BCUT2D eigenvalue weighted by Gasteiger charge is 1.99. The lowest BCUT2D eigenvalue weighted by Crippen LogP contribution is -2.04.